The van der Waals surface area contributed by atoms with Crippen LogP contribution in [0, 0.1) is 0 Å². The molecule has 1 saturated heterocycles. The molecule has 0 aromatic carbocycles. The molecule has 6 nitrogen and oxygen atoms in total. The maximum Gasteiger partial charge on any atom is 0.329 e. The van der Waals surface area contributed by atoms with Crippen LogP contribution in [0.25, 0.3) is 0 Å². The van der Waals surface area contributed by atoms with Gasteiger partial charge in [-0.2, -0.15) is 11.8 Å². The average Bonchev–Trinajstić information content (AvgIpc) is 2.47. The highest BCUT2D eigenvalue weighted by atomic mass is 32.2. The van der Waals surface area contributed by atoms with Gasteiger partial charge in [0.2, 0.25) is 0 Å². The van der Waals surface area contributed by atoms with Gasteiger partial charge in [-0.15, -0.1) is 0 Å². The van der Waals surface area contributed by atoms with Gasteiger partial charge in [0.1, 0.15) is 11.8 Å². The molecule has 1 fully saturated rings. The summed E-state index contributed by atoms with van der Waals surface area (Å²) < 4.78 is 5.01. The third-order valence-corrected chi connectivity index (χ3v) is 3.94. The molecular weight excluding hydrogens is 280 g/mol. The number of thioether (sulfide) groups is 1. The van der Waals surface area contributed by atoms with Crippen LogP contribution in [0.15, 0.2) is 18.5 Å². The molecule has 2 heterocycles. The molecule has 1 aliphatic rings. The Bertz CT molecular complexity index is 509. The molecule has 0 aliphatic carbocycles. The van der Waals surface area contributed by atoms with Gasteiger partial charge in [0.25, 0.3) is 5.91 Å². The molecule has 7 heteroatoms. The normalized spacial score (nSPS) is 18.6. The number of rotatable bonds is 3. The van der Waals surface area contributed by atoms with E-state index in [1.807, 2.05) is 0 Å². The molecule has 1 atom stereocenters. The summed E-state index contributed by atoms with van der Waals surface area (Å²) in [5.74, 6) is 0.521. The highest BCUT2D eigenvalue weighted by Gasteiger charge is 2.34. The molecule has 0 saturated carbocycles. The van der Waals surface area contributed by atoms with E-state index in [0.717, 1.165) is 5.75 Å². The Morgan fingerprint density at radius 3 is 3.05 bits per heavy atom. The van der Waals surface area contributed by atoms with Crippen LogP contribution in [0.3, 0.4) is 0 Å². The number of esters is 1. The first-order valence-electron chi connectivity index (χ1n) is 6.33. The first kappa shape index (κ1) is 14.6. The monoisotopic (exact) mass is 296 g/mol. The largest absolute Gasteiger partial charge is 0.506 e. The minimum absolute atomic E-state index is 0.0741. The molecule has 2 rings (SSSR count). The van der Waals surface area contributed by atoms with Crippen molar-refractivity contribution in [1.29, 1.82) is 0 Å². The Hall–Kier alpha value is -1.76. The average molecular weight is 296 g/mol. The molecule has 1 N–H and O–H groups in total. The second kappa shape index (κ2) is 6.60. The van der Waals surface area contributed by atoms with Gasteiger partial charge in [0.05, 0.1) is 18.4 Å². The Kier molecular flexibility index (Phi) is 4.84. The molecule has 20 heavy (non-hydrogen) atoms. The molecule has 1 aromatic rings. The zero-order valence-electron chi connectivity index (χ0n) is 11.1. The van der Waals surface area contributed by atoms with Crippen LogP contribution in [0.5, 0.6) is 5.75 Å². The van der Waals surface area contributed by atoms with Crippen molar-refractivity contribution >= 4 is 23.6 Å². The third-order valence-electron chi connectivity index (χ3n) is 2.92. The SMILES string of the molecule is CCOC(=O)C1CSCCN1C(=O)c1cncc(O)c1. The number of aromatic nitrogens is 1. The number of pyridine rings is 1. The molecule has 0 radical (unpaired) electrons. The Balaban J connectivity index is 2.19. The lowest BCUT2D eigenvalue weighted by Gasteiger charge is -2.33. The van der Waals surface area contributed by atoms with Crippen molar-refractivity contribution in [2.45, 2.75) is 13.0 Å². The summed E-state index contributed by atoms with van der Waals surface area (Å²) in [5.41, 5.74) is 0.270. The minimum atomic E-state index is -0.580. The smallest absolute Gasteiger partial charge is 0.329 e. The van der Waals surface area contributed by atoms with Crippen LogP contribution in [0.1, 0.15) is 17.3 Å². The number of hydrogen-bond acceptors (Lipinski definition) is 6. The van der Waals surface area contributed by atoms with Crippen LogP contribution >= 0.6 is 11.8 Å². The lowest BCUT2D eigenvalue weighted by Crippen LogP contribution is -2.51. The number of carbonyl (C=O) groups is 2. The number of amides is 1. The quantitative estimate of drug-likeness (QED) is 0.835. The van der Waals surface area contributed by atoms with E-state index >= 15 is 0 Å². The van der Waals surface area contributed by atoms with Crippen LogP contribution in [0.4, 0.5) is 0 Å². The summed E-state index contributed by atoms with van der Waals surface area (Å²) in [5, 5.41) is 9.39. The van der Waals surface area contributed by atoms with Gasteiger partial charge >= 0.3 is 5.97 Å². The van der Waals surface area contributed by atoms with Crippen LogP contribution < -0.4 is 0 Å². The predicted octanol–water partition coefficient (Wildman–Crippen LogP) is 0.908. The van der Waals surface area contributed by atoms with Crippen LogP contribution in [0.2, 0.25) is 0 Å². The van der Waals surface area contributed by atoms with Crippen molar-refractivity contribution in [2.75, 3.05) is 24.7 Å². The maximum atomic E-state index is 12.4. The van der Waals surface area contributed by atoms with E-state index in [1.54, 1.807) is 18.7 Å². The van der Waals surface area contributed by atoms with Crippen molar-refractivity contribution in [3.8, 4) is 5.75 Å². The van der Waals surface area contributed by atoms with Gasteiger partial charge in [-0.3, -0.25) is 9.78 Å². The highest BCUT2D eigenvalue weighted by molar-refractivity contribution is 7.99. The number of carbonyl (C=O) groups excluding carboxylic acids is 2. The Labute approximate surface area is 121 Å². The molecule has 1 aromatic heterocycles. The zero-order valence-corrected chi connectivity index (χ0v) is 11.9. The maximum absolute atomic E-state index is 12.4. The lowest BCUT2D eigenvalue weighted by molar-refractivity contribution is -0.147. The summed E-state index contributed by atoms with van der Waals surface area (Å²) >= 11 is 1.62. The van der Waals surface area contributed by atoms with E-state index in [0.29, 0.717) is 12.3 Å². The molecule has 1 aliphatic heterocycles. The number of hydrogen-bond donors (Lipinski definition) is 1. The molecule has 0 bridgehead atoms. The second-order valence-corrected chi connectivity index (χ2v) is 5.42. The first-order chi connectivity index (χ1) is 9.63. The van der Waals surface area contributed by atoms with Crippen molar-refractivity contribution in [1.82, 2.24) is 9.88 Å². The van der Waals surface area contributed by atoms with Crippen LogP contribution in [-0.4, -0.2) is 57.6 Å². The van der Waals surface area contributed by atoms with E-state index in [4.69, 9.17) is 4.74 Å². The van der Waals surface area contributed by atoms with Gasteiger partial charge in [-0.05, 0) is 13.0 Å². The highest BCUT2D eigenvalue weighted by Crippen LogP contribution is 2.21. The van der Waals surface area contributed by atoms with E-state index < -0.39 is 6.04 Å². The molecule has 1 amide bonds. The Morgan fingerprint density at radius 2 is 2.35 bits per heavy atom. The standard InChI is InChI=1S/C13H16N2O4S/c1-2-19-13(18)11-8-20-4-3-15(11)12(17)9-5-10(16)7-14-6-9/h5-7,11,16H,2-4,8H2,1H3. The fourth-order valence-electron chi connectivity index (χ4n) is 1.99. The van der Waals surface area contributed by atoms with Crippen molar-refractivity contribution in [3.05, 3.63) is 24.0 Å². The van der Waals surface area contributed by atoms with Crippen LogP contribution in [-0.2, 0) is 9.53 Å². The van der Waals surface area contributed by atoms with Crippen molar-refractivity contribution in [2.24, 2.45) is 0 Å². The fourth-order valence-corrected chi connectivity index (χ4v) is 3.02. The van der Waals surface area contributed by atoms with E-state index in [-0.39, 0.29) is 29.8 Å². The molecule has 108 valence electrons. The van der Waals surface area contributed by atoms with Gasteiger partial charge in [-0.1, -0.05) is 0 Å². The summed E-state index contributed by atoms with van der Waals surface area (Å²) in [4.78, 5) is 29.6. The summed E-state index contributed by atoms with van der Waals surface area (Å²) in [6.07, 6.45) is 2.64. The number of nitrogens with zero attached hydrogens (tertiary/aromatic N) is 2. The Morgan fingerprint density at radius 1 is 1.55 bits per heavy atom. The van der Waals surface area contributed by atoms with Gasteiger partial charge in [-0.25, -0.2) is 4.79 Å². The molecule has 1 unspecified atom stereocenters. The molecule has 0 spiro atoms. The number of aromatic hydroxyl groups is 1. The first-order valence-corrected chi connectivity index (χ1v) is 7.48. The topological polar surface area (TPSA) is 79.7 Å². The predicted molar refractivity (Wildman–Crippen MR) is 74.7 cm³/mol. The second-order valence-electron chi connectivity index (χ2n) is 4.27. The summed E-state index contributed by atoms with van der Waals surface area (Å²) in [7, 11) is 0. The van der Waals surface area contributed by atoms with Gasteiger partial charge in [0, 0.05) is 24.2 Å². The van der Waals surface area contributed by atoms with Crippen molar-refractivity contribution in [3.63, 3.8) is 0 Å². The van der Waals surface area contributed by atoms with E-state index in [2.05, 4.69) is 4.98 Å². The fraction of sp³-hybridized carbons (Fsp3) is 0.462. The molecular formula is C13H16N2O4S. The minimum Gasteiger partial charge on any atom is -0.506 e. The lowest BCUT2D eigenvalue weighted by atomic mass is 10.2. The van der Waals surface area contributed by atoms with E-state index in [1.165, 1.54) is 23.4 Å². The van der Waals surface area contributed by atoms with Gasteiger partial charge in [0.15, 0.2) is 0 Å². The number of ether oxygens (including phenoxy) is 1. The zero-order chi connectivity index (χ0) is 14.5. The third kappa shape index (κ3) is 3.22. The van der Waals surface area contributed by atoms with E-state index in [9.17, 15) is 14.7 Å². The summed E-state index contributed by atoms with van der Waals surface area (Å²) in [6.45, 7) is 2.50. The van der Waals surface area contributed by atoms with Crippen molar-refractivity contribution < 1.29 is 19.4 Å². The summed E-state index contributed by atoms with van der Waals surface area (Å²) in [6, 6.07) is 0.766. The van der Waals surface area contributed by atoms with Gasteiger partial charge < -0.3 is 14.7 Å².